The van der Waals surface area contributed by atoms with Gasteiger partial charge < -0.3 is 16.0 Å². The monoisotopic (exact) mass is 379 g/mol. The number of hydrogen-bond acceptors (Lipinski definition) is 3. The van der Waals surface area contributed by atoms with Crippen molar-refractivity contribution >= 4 is 11.8 Å². The summed E-state index contributed by atoms with van der Waals surface area (Å²) in [5, 5.41) is 3.02. The Morgan fingerprint density at radius 2 is 1.71 bits per heavy atom. The number of piperidine rings is 1. The Kier molecular flexibility index (Phi) is 6.82. The first-order valence-corrected chi connectivity index (χ1v) is 9.94. The number of amides is 2. The zero-order valence-corrected chi connectivity index (χ0v) is 16.4. The summed E-state index contributed by atoms with van der Waals surface area (Å²) < 4.78 is 0. The Labute approximate surface area is 166 Å². The van der Waals surface area contributed by atoms with Crippen LogP contribution in [-0.2, 0) is 16.1 Å². The number of benzene rings is 2. The van der Waals surface area contributed by atoms with Crippen molar-refractivity contribution in [3.63, 3.8) is 0 Å². The molecule has 28 heavy (non-hydrogen) atoms. The lowest BCUT2D eigenvalue weighted by molar-refractivity contribution is -0.136. The van der Waals surface area contributed by atoms with Gasteiger partial charge >= 0.3 is 0 Å². The fourth-order valence-electron chi connectivity index (χ4n) is 3.57. The lowest BCUT2D eigenvalue weighted by atomic mass is 9.95. The predicted octanol–water partition coefficient (Wildman–Crippen LogP) is 2.94. The van der Waals surface area contributed by atoms with Crippen LogP contribution < -0.4 is 11.1 Å². The third-order valence-corrected chi connectivity index (χ3v) is 5.43. The van der Waals surface area contributed by atoms with E-state index in [2.05, 4.69) is 5.32 Å². The molecule has 1 heterocycles. The van der Waals surface area contributed by atoms with Gasteiger partial charge in [0.05, 0.1) is 0 Å². The number of rotatable bonds is 6. The molecule has 0 spiro atoms. The highest BCUT2D eigenvalue weighted by Crippen LogP contribution is 2.21. The van der Waals surface area contributed by atoms with E-state index in [-0.39, 0.29) is 23.8 Å². The molecule has 2 amide bonds. The molecule has 0 bridgehead atoms. The van der Waals surface area contributed by atoms with Gasteiger partial charge in [0.1, 0.15) is 0 Å². The molecule has 1 aliphatic rings. The van der Waals surface area contributed by atoms with Crippen LogP contribution in [0.15, 0.2) is 54.6 Å². The van der Waals surface area contributed by atoms with E-state index in [4.69, 9.17) is 5.73 Å². The maximum absolute atomic E-state index is 12.5. The number of nitrogens with zero attached hydrogens (tertiary/aromatic N) is 1. The molecule has 148 valence electrons. The van der Waals surface area contributed by atoms with Crippen LogP contribution in [-0.4, -0.2) is 29.8 Å². The molecule has 3 rings (SSSR count). The van der Waals surface area contributed by atoms with Crippen molar-refractivity contribution in [2.45, 2.75) is 38.8 Å². The minimum atomic E-state index is -0.288. The summed E-state index contributed by atoms with van der Waals surface area (Å²) in [6.45, 7) is 3.82. The Balaban J connectivity index is 1.42. The van der Waals surface area contributed by atoms with Gasteiger partial charge in [-0.1, -0.05) is 60.2 Å². The predicted molar refractivity (Wildman–Crippen MR) is 110 cm³/mol. The van der Waals surface area contributed by atoms with Crippen molar-refractivity contribution in [1.29, 1.82) is 0 Å². The average Bonchev–Trinajstić information content (AvgIpc) is 2.73. The number of hydrogen-bond donors (Lipinski definition) is 2. The van der Waals surface area contributed by atoms with Crippen LogP contribution in [0.5, 0.6) is 0 Å². The van der Waals surface area contributed by atoms with Gasteiger partial charge in [0.2, 0.25) is 11.8 Å². The summed E-state index contributed by atoms with van der Waals surface area (Å²) in [5.41, 5.74) is 9.45. The van der Waals surface area contributed by atoms with Crippen LogP contribution in [0.3, 0.4) is 0 Å². The summed E-state index contributed by atoms with van der Waals surface area (Å²) in [4.78, 5) is 26.8. The molecule has 5 nitrogen and oxygen atoms in total. The summed E-state index contributed by atoms with van der Waals surface area (Å²) in [6.07, 6.45) is 1.70. The Hall–Kier alpha value is -2.66. The van der Waals surface area contributed by atoms with Crippen molar-refractivity contribution in [2.24, 2.45) is 11.7 Å². The van der Waals surface area contributed by atoms with Crippen molar-refractivity contribution in [1.82, 2.24) is 10.2 Å². The van der Waals surface area contributed by atoms with Gasteiger partial charge in [0.25, 0.3) is 0 Å². The van der Waals surface area contributed by atoms with Gasteiger partial charge in [-0.25, -0.2) is 0 Å². The largest absolute Gasteiger partial charge is 0.352 e. The molecule has 1 atom stereocenters. The van der Waals surface area contributed by atoms with Crippen molar-refractivity contribution in [3.05, 3.63) is 71.3 Å². The first-order valence-electron chi connectivity index (χ1n) is 9.94. The Bertz CT molecular complexity index is 781. The van der Waals surface area contributed by atoms with E-state index in [9.17, 15) is 9.59 Å². The molecular formula is C23H29N3O2. The highest BCUT2D eigenvalue weighted by Gasteiger charge is 2.27. The Morgan fingerprint density at radius 1 is 1.07 bits per heavy atom. The van der Waals surface area contributed by atoms with Crippen LogP contribution >= 0.6 is 0 Å². The molecule has 0 radical (unpaired) electrons. The van der Waals surface area contributed by atoms with E-state index in [1.165, 1.54) is 5.56 Å². The summed E-state index contributed by atoms with van der Waals surface area (Å²) in [5.74, 6) is 0.112. The van der Waals surface area contributed by atoms with Crippen LogP contribution in [0.1, 0.15) is 42.0 Å². The third-order valence-electron chi connectivity index (χ3n) is 5.43. The molecule has 3 N–H and O–H groups in total. The van der Waals surface area contributed by atoms with Gasteiger partial charge in [-0.2, -0.15) is 0 Å². The normalized spacial score (nSPS) is 15.9. The minimum Gasteiger partial charge on any atom is -0.352 e. The van der Waals surface area contributed by atoms with E-state index < -0.39 is 0 Å². The molecule has 1 aliphatic heterocycles. The number of likely N-dealkylation sites (tertiary alicyclic amines) is 1. The van der Waals surface area contributed by atoms with Crippen LogP contribution in [0, 0.1) is 12.8 Å². The maximum atomic E-state index is 12.5. The van der Waals surface area contributed by atoms with Gasteiger partial charge in [0, 0.05) is 38.0 Å². The van der Waals surface area contributed by atoms with E-state index >= 15 is 0 Å². The number of nitrogens with one attached hydrogen (secondary N) is 1. The van der Waals surface area contributed by atoms with Gasteiger partial charge in [-0.15, -0.1) is 0 Å². The van der Waals surface area contributed by atoms with Gasteiger partial charge in [-0.3, -0.25) is 9.59 Å². The second-order valence-electron chi connectivity index (χ2n) is 7.58. The highest BCUT2D eigenvalue weighted by molar-refractivity contribution is 5.80. The lowest BCUT2D eigenvalue weighted by Crippen LogP contribution is -2.43. The summed E-state index contributed by atoms with van der Waals surface area (Å²) in [7, 11) is 0. The zero-order chi connectivity index (χ0) is 19.9. The fraction of sp³-hybridized carbons (Fsp3) is 0.391. The van der Waals surface area contributed by atoms with Crippen molar-refractivity contribution in [3.8, 4) is 0 Å². The molecular weight excluding hydrogens is 350 g/mol. The molecule has 1 unspecified atom stereocenters. The first-order chi connectivity index (χ1) is 13.5. The second kappa shape index (κ2) is 9.51. The lowest BCUT2D eigenvalue weighted by Gasteiger charge is -2.32. The van der Waals surface area contributed by atoms with E-state index in [1.807, 2.05) is 66.4 Å². The number of nitrogens with two attached hydrogens (primary N) is 1. The number of carbonyl (C=O) groups is 2. The van der Waals surface area contributed by atoms with Crippen LogP contribution in [0.2, 0.25) is 0 Å². The SMILES string of the molecule is Cc1ccc(CNC(=O)C2CCN(C(=O)CC(N)c3ccccc3)CC2)cc1. The topological polar surface area (TPSA) is 75.4 Å². The van der Waals surface area contributed by atoms with E-state index in [1.54, 1.807) is 0 Å². The van der Waals surface area contributed by atoms with Crippen LogP contribution in [0.25, 0.3) is 0 Å². The summed E-state index contributed by atoms with van der Waals surface area (Å²) >= 11 is 0. The van der Waals surface area contributed by atoms with Crippen molar-refractivity contribution in [2.75, 3.05) is 13.1 Å². The Morgan fingerprint density at radius 3 is 2.36 bits per heavy atom. The van der Waals surface area contributed by atoms with Gasteiger partial charge in [0.15, 0.2) is 0 Å². The first kappa shape index (κ1) is 20.1. The smallest absolute Gasteiger partial charge is 0.224 e. The van der Waals surface area contributed by atoms with E-state index in [0.29, 0.717) is 38.9 Å². The molecule has 1 fully saturated rings. The second-order valence-corrected chi connectivity index (χ2v) is 7.58. The number of carbonyl (C=O) groups excluding carboxylic acids is 2. The third kappa shape index (κ3) is 5.42. The van der Waals surface area contributed by atoms with E-state index in [0.717, 1.165) is 11.1 Å². The minimum absolute atomic E-state index is 0.0303. The molecule has 2 aromatic rings. The zero-order valence-electron chi connectivity index (χ0n) is 16.4. The molecule has 0 aromatic heterocycles. The fourth-order valence-corrected chi connectivity index (χ4v) is 3.57. The average molecular weight is 380 g/mol. The molecule has 0 saturated carbocycles. The molecule has 1 saturated heterocycles. The van der Waals surface area contributed by atoms with Crippen LogP contribution in [0.4, 0.5) is 0 Å². The standard InChI is InChI=1S/C23H29N3O2/c1-17-7-9-18(10-8-17)16-25-23(28)20-11-13-26(14-12-20)22(27)15-21(24)19-5-3-2-4-6-19/h2-10,20-21H,11-16,24H2,1H3,(H,25,28). The molecule has 2 aromatic carbocycles. The molecule has 0 aliphatic carbocycles. The number of aryl methyl sites for hydroxylation is 1. The summed E-state index contributed by atoms with van der Waals surface area (Å²) in [6, 6.07) is 17.6. The quantitative estimate of drug-likeness (QED) is 0.810. The molecule has 5 heteroatoms. The van der Waals surface area contributed by atoms with Gasteiger partial charge in [-0.05, 0) is 30.9 Å². The highest BCUT2D eigenvalue weighted by atomic mass is 16.2. The maximum Gasteiger partial charge on any atom is 0.224 e. The van der Waals surface area contributed by atoms with Crippen molar-refractivity contribution < 1.29 is 9.59 Å².